The first-order valence-electron chi connectivity index (χ1n) is 9.69. The van der Waals surface area contributed by atoms with Crippen LogP contribution in [0.1, 0.15) is 35.2 Å². The largest absolute Gasteiger partial charge is 0.275 e. The summed E-state index contributed by atoms with van der Waals surface area (Å²) in [6.07, 6.45) is 10.7. The van der Waals surface area contributed by atoms with E-state index >= 15 is 0 Å². The van der Waals surface area contributed by atoms with Gasteiger partial charge in [-0.3, -0.25) is 14.6 Å². The van der Waals surface area contributed by atoms with E-state index < -0.39 is 0 Å². The smallest absolute Gasteiger partial charge is 0.123 e. The van der Waals surface area contributed by atoms with Crippen molar-refractivity contribution in [3.63, 3.8) is 0 Å². The number of hydrogen-bond acceptors (Lipinski definition) is 3. The van der Waals surface area contributed by atoms with E-state index in [1.54, 1.807) is 18.6 Å². The van der Waals surface area contributed by atoms with Gasteiger partial charge in [0.1, 0.15) is 5.82 Å². The standard InChI is InChI=1S/C24H23FN4/c1-17(20-3-5-23(25)6-4-20)9-18-10-19(13-24-15-26-7-8-27-24)12-21(11-18)22-14-28-29(2)16-22/h3-8,10-12,14-17H,9,13H2,1-2H3/t17-/m1/s1. The SMILES string of the molecule is C[C@H](Cc1cc(Cc2cnccn2)cc(-c2cnn(C)c2)c1)c1ccc(F)cc1. The zero-order valence-electron chi connectivity index (χ0n) is 16.6. The van der Waals surface area contributed by atoms with E-state index in [-0.39, 0.29) is 11.7 Å². The van der Waals surface area contributed by atoms with Crippen molar-refractivity contribution >= 4 is 0 Å². The first kappa shape index (κ1) is 19.0. The molecule has 0 saturated carbocycles. The number of halogens is 1. The summed E-state index contributed by atoms with van der Waals surface area (Å²) in [5.74, 6) is 0.0786. The predicted octanol–water partition coefficient (Wildman–Crippen LogP) is 4.95. The third-order valence-electron chi connectivity index (χ3n) is 5.07. The molecular formula is C24H23FN4. The van der Waals surface area contributed by atoms with Crippen molar-refractivity contribution in [1.29, 1.82) is 0 Å². The molecule has 0 bridgehead atoms. The minimum atomic E-state index is -0.203. The Morgan fingerprint density at radius 2 is 1.76 bits per heavy atom. The van der Waals surface area contributed by atoms with Crippen molar-refractivity contribution in [3.05, 3.63) is 102 Å². The normalized spacial score (nSPS) is 12.1. The van der Waals surface area contributed by atoms with Crippen molar-refractivity contribution in [2.45, 2.75) is 25.7 Å². The van der Waals surface area contributed by atoms with Gasteiger partial charge in [-0.1, -0.05) is 37.3 Å². The Balaban J connectivity index is 1.66. The molecule has 1 atom stereocenters. The Hall–Kier alpha value is -3.34. The van der Waals surface area contributed by atoms with Gasteiger partial charge >= 0.3 is 0 Å². The molecule has 0 unspecified atom stereocenters. The molecule has 0 aliphatic heterocycles. The Kier molecular flexibility index (Phi) is 5.47. The van der Waals surface area contributed by atoms with E-state index in [0.29, 0.717) is 0 Å². The molecule has 0 fully saturated rings. The fraction of sp³-hybridized carbons (Fsp3) is 0.208. The molecule has 0 amide bonds. The molecule has 0 N–H and O–H groups in total. The predicted molar refractivity (Wildman–Crippen MR) is 112 cm³/mol. The molecule has 4 aromatic rings. The Morgan fingerprint density at radius 3 is 2.45 bits per heavy atom. The number of nitrogens with zero attached hydrogens (tertiary/aromatic N) is 4. The molecule has 4 nitrogen and oxygen atoms in total. The maximum Gasteiger partial charge on any atom is 0.123 e. The summed E-state index contributed by atoms with van der Waals surface area (Å²) in [6, 6.07) is 13.4. The van der Waals surface area contributed by atoms with E-state index in [9.17, 15) is 4.39 Å². The summed E-state index contributed by atoms with van der Waals surface area (Å²) in [6.45, 7) is 2.17. The molecule has 0 aliphatic rings. The fourth-order valence-corrected chi connectivity index (χ4v) is 3.61. The lowest BCUT2D eigenvalue weighted by molar-refractivity contribution is 0.625. The van der Waals surface area contributed by atoms with Crippen LogP contribution in [-0.4, -0.2) is 19.7 Å². The van der Waals surface area contributed by atoms with Gasteiger partial charge in [-0.25, -0.2) is 4.39 Å². The zero-order chi connectivity index (χ0) is 20.2. The zero-order valence-corrected chi connectivity index (χ0v) is 16.6. The van der Waals surface area contributed by atoms with Crippen LogP contribution in [0.4, 0.5) is 4.39 Å². The third kappa shape index (κ3) is 4.74. The Morgan fingerprint density at radius 1 is 0.966 bits per heavy atom. The van der Waals surface area contributed by atoms with E-state index in [2.05, 4.69) is 40.2 Å². The summed E-state index contributed by atoms with van der Waals surface area (Å²) < 4.78 is 15.1. The highest BCUT2D eigenvalue weighted by Gasteiger charge is 2.11. The van der Waals surface area contributed by atoms with Crippen molar-refractivity contribution in [2.75, 3.05) is 0 Å². The van der Waals surface area contributed by atoms with Crippen molar-refractivity contribution in [1.82, 2.24) is 19.7 Å². The van der Waals surface area contributed by atoms with Crippen LogP contribution in [0.2, 0.25) is 0 Å². The van der Waals surface area contributed by atoms with Gasteiger partial charge < -0.3 is 0 Å². The second-order valence-electron chi connectivity index (χ2n) is 7.47. The van der Waals surface area contributed by atoms with Crippen LogP contribution in [0.15, 0.2) is 73.4 Å². The first-order chi connectivity index (χ1) is 14.1. The Labute approximate surface area is 170 Å². The van der Waals surface area contributed by atoms with E-state index in [4.69, 9.17) is 0 Å². The lowest BCUT2D eigenvalue weighted by Crippen LogP contribution is -2.01. The fourth-order valence-electron chi connectivity index (χ4n) is 3.61. The maximum atomic E-state index is 13.3. The highest BCUT2D eigenvalue weighted by molar-refractivity contribution is 5.64. The van der Waals surface area contributed by atoms with Gasteiger partial charge in [0.15, 0.2) is 0 Å². The topological polar surface area (TPSA) is 43.6 Å². The minimum absolute atomic E-state index is 0.203. The average Bonchev–Trinajstić information content (AvgIpc) is 3.15. The molecule has 2 heterocycles. The Bertz CT molecular complexity index is 1090. The van der Waals surface area contributed by atoms with Gasteiger partial charge in [-0.05, 0) is 46.7 Å². The second-order valence-corrected chi connectivity index (χ2v) is 7.47. The molecule has 29 heavy (non-hydrogen) atoms. The van der Waals surface area contributed by atoms with Crippen LogP contribution < -0.4 is 0 Å². The van der Waals surface area contributed by atoms with Crippen molar-refractivity contribution < 1.29 is 4.39 Å². The summed E-state index contributed by atoms with van der Waals surface area (Å²) in [4.78, 5) is 8.59. The molecule has 4 rings (SSSR count). The van der Waals surface area contributed by atoms with Crippen LogP contribution in [-0.2, 0) is 19.9 Å². The summed E-state index contributed by atoms with van der Waals surface area (Å²) in [5, 5.41) is 4.31. The number of benzene rings is 2. The highest BCUT2D eigenvalue weighted by atomic mass is 19.1. The molecule has 5 heteroatoms. The van der Waals surface area contributed by atoms with Gasteiger partial charge in [0, 0.05) is 43.8 Å². The number of rotatable bonds is 6. The van der Waals surface area contributed by atoms with Gasteiger partial charge in [0.25, 0.3) is 0 Å². The minimum Gasteiger partial charge on any atom is -0.275 e. The second kappa shape index (κ2) is 8.35. The van der Waals surface area contributed by atoms with Gasteiger partial charge in [0.2, 0.25) is 0 Å². The molecule has 2 aromatic carbocycles. The monoisotopic (exact) mass is 386 g/mol. The molecule has 0 aliphatic carbocycles. The lowest BCUT2D eigenvalue weighted by atomic mass is 9.90. The van der Waals surface area contributed by atoms with Crippen LogP contribution in [0, 0.1) is 5.82 Å². The van der Waals surface area contributed by atoms with Crippen LogP contribution >= 0.6 is 0 Å². The number of aryl methyl sites for hydroxylation is 1. The molecular weight excluding hydrogens is 363 g/mol. The number of aromatic nitrogens is 4. The van der Waals surface area contributed by atoms with Gasteiger partial charge in [-0.15, -0.1) is 0 Å². The molecule has 0 spiro atoms. The number of hydrogen-bond donors (Lipinski definition) is 0. The van der Waals surface area contributed by atoms with Crippen molar-refractivity contribution in [3.8, 4) is 11.1 Å². The quantitative estimate of drug-likeness (QED) is 0.471. The third-order valence-corrected chi connectivity index (χ3v) is 5.07. The summed E-state index contributed by atoms with van der Waals surface area (Å²) >= 11 is 0. The van der Waals surface area contributed by atoms with Crippen LogP contribution in [0.3, 0.4) is 0 Å². The van der Waals surface area contributed by atoms with E-state index in [1.807, 2.05) is 36.3 Å². The van der Waals surface area contributed by atoms with Crippen molar-refractivity contribution in [2.24, 2.45) is 7.05 Å². The van der Waals surface area contributed by atoms with Crippen LogP contribution in [0.5, 0.6) is 0 Å². The van der Waals surface area contributed by atoms with E-state index in [0.717, 1.165) is 35.2 Å². The molecule has 0 saturated heterocycles. The lowest BCUT2D eigenvalue weighted by Gasteiger charge is -2.14. The first-order valence-corrected chi connectivity index (χ1v) is 9.69. The molecule has 2 aromatic heterocycles. The van der Waals surface area contributed by atoms with Crippen LogP contribution in [0.25, 0.3) is 11.1 Å². The van der Waals surface area contributed by atoms with Gasteiger partial charge in [-0.2, -0.15) is 5.10 Å². The average molecular weight is 386 g/mol. The summed E-state index contributed by atoms with van der Waals surface area (Å²) in [7, 11) is 1.92. The highest BCUT2D eigenvalue weighted by Crippen LogP contribution is 2.27. The molecule has 146 valence electrons. The maximum absolute atomic E-state index is 13.3. The van der Waals surface area contributed by atoms with Gasteiger partial charge in [0.05, 0.1) is 11.9 Å². The summed E-state index contributed by atoms with van der Waals surface area (Å²) in [5.41, 5.74) is 6.72. The molecule has 0 radical (unpaired) electrons. The van der Waals surface area contributed by atoms with E-state index in [1.165, 1.54) is 23.3 Å².